The summed E-state index contributed by atoms with van der Waals surface area (Å²) < 4.78 is 11.6. The first-order chi connectivity index (χ1) is 14.6. The Bertz CT molecular complexity index is 1170. The zero-order chi connectivity index (χ0) is 21.5. The van der Waals surface area contributed by atoms with Crippen molar-refractivity contribution in [2.75, 3.05) is 19.1 Å². The highest BCUT2D eigenvalue weighted by Crippen LogP contribution is 2.32. The van der Waals surface area contributed by atoms with Crippen molar-refractivity contribution >= 4 is 28.1 Å². The van der Waals surface area contributed by atoms with Gasteiger partial charge in [-0.2, -0.15) is 10.4 Å². The number of H-pyrrole nitrogens is 1. The molecule has 0 bridgehead atoms. The van der Waals surface area contributed by atoms with Gasteiger partial charge in [0.15, 0.2) is 11.5 Å². The van der Waals surface area contributed by atoms with E-state index in [0.29, 0.717) is 23.7 Å². The maximum Gasteiger partial charge on any atom is 0.270 e. The van der Waals surface area contributed by atoms with E-state index >= 15 is 0 Å². The lowest BCUT2D eigenvalue weighted by atomic mass is 10.1. The minimum atomic E-state index is -0.548. The van der Waals surface area contributed by atoms with Crippen LogP contribution in [0.2, 0.25) is 0 Å². The summed E-state index contributed by atoms with van der Waals surface area (Å²) in [5.41, 5.74) is 3.76. The van der Waals surface area contributed by atoms with Crippen molar-refractivity contribution in [3.8, 4) is 28.8 Å². The number of aromatic nitrogens is 2. The quantitative estimate of drug-likeness (QED) is 0.402. The van der Waals surface area contributed by atoms with E-state index in [4.69, 9.17) is 9.47 Å². The Morgan fingerprint density at radius 1 is 1.30 bits per heavy atom. The van der Waals surface area contributed by atoms with Gasteiger partial charge in [0.05, 0.1) is 25.6 Å². The predicted octanol–water partition coefficient (Wildman–Crippen LogP) is 3.92. The van der Waals surface area contributed by atoms with E-state index in [2.05, 4.69) is 36.4 Å². The third kappa shape index (κ3) is 4.67. The van der Waals surface area contributed by atoms with Crippen LogP contribution in [-0.4, -0.2) is 29.9 Å². The number of nitrogens with one attached hydrogen (secondary N) is 2. The molecular weight excluding hydrogens is 450 g/mol. The Labute approximate surface area is 181 Å². The number of rotatable bonds is 7. The molecule has 1 heterocycles. The van der Waals surface area contributed by atoms with E-state index in [-0.39, 0.29) is 17.2 Å². The Hall–Kier alpha value is -3.64. The second kappa shape index (κ2) is 9.71. The molecule has 9 heteroatoms. The van der Waals surface area contributed by atoms with E-state index in [1.54, 1.807) is 49.7 Å². The van der Waals surface area contributed by atoms with Crippen LogP contribution < -0.4 is 20.5 Å². The van der Waals surface area contributed by atoms with Gasteiger partial charge in [-0.15, -0.1) is 0 Å². The van der Waals surface area contributed by atoms with Gasteiger partial charge in [0.25, 0.3) is 5.56 Å². The van der Waals surface area contributed by atoms with Crippen LogP contribution in [0.15, 0.2) is 56.8 Å². The number of hydrogen-bond acceptors (Lipinski definition) is 7. The monoisotopic (exact) mass is 467 g/mol. The molecule has 0 aliphatic heterocycles. The summed E-state index contributed by atoms with van der Waals surface area (Å²) in [6.07, 6.45) is 1.54. The van der Waals surface area contributed by atoms with Crippen molar-refractivity contribution in [1.82, 2.24) is 9.97 Å². The first-order valence-electron chi connectivity index (χ1n) is 8.96. The second-order valence-corrected chi connectivity index (χ2v) is 6.80. The fraction of sp³-hybridized carbons (Fsp3) is 0.143. The van der Waals surface area contributed by atoms with Crippen LogP contribution in [0.1, 0.15) is 18.1 Å². The number of ether oxygens (including phenoxy) is 2. The number of nitriles is 1. The van der Waals surface area contributed by atoms with Crippen LogP contribution in [0.3, 0.4) is 0 Å². The molecule has 1 aromatic heterocycles. The van der Waals surface area contributed by atoms with Crippen molar-refractivity contribution in [2.24, 2.45) is 5.10 Å². The smallest absolute Gasteiger partial charge is 0.270 e. The standard InChI is InChI=1S/C21H18BrN5O3/c1-3-30-18-10-16(22)14(9-17(18)29-2)12-24-27-21-25-19(13-7-5-4-6-8-13)15(11-23)20(28)26-21/h4-10,12H,3H2,1-2H3,(H2,25,26,27,28). The third-order valence-electron chi connectivity index (χ3n) is 4.04. The summed E-state index contributed by atoms with van der Waals surface area (Å²) in [5.74, 6) is 1.29. The van der Waals surface area contributed by atoms with Crippen molar-refractivity contribution in [3.05, 3.63) is 68.4 Å². The molecular formula is C21H18BrN5O3. The molecule has 0 unspecified atom stereocenters. The lowest BCUT2D eigenvalue weighted by Crippen LogP contribution is -2.16. The van der Waals surface area contributed by atoms with Crippen molar-refractivity contribution in [1.29, 1.82) is 5.26 Å². The van der Waals surface area contributed by atoms with Crippen LogP contribution in [0, 0.1) is 11.3 Å². The molecule has 0 aliphatic carbocycles. The molecule has 0 fully saturated rings. The van der Waals surface area contributed by atoms with E-state index in [0.717, 1.165) is 10.0 Å². The molecule has 3 rings (SSSR count). The molecule has 2 N–H and O–H groups in total. The van der Waals surface area contributed by atoms with Crippen molar-refractivity contribution < 1.29 is 9.47 Å². The number of anilines is 1. The fourth-order valence-corrected chi connectivity index (χ4v) is 3.10. The molecule has 3 aromatic rings. The molecule has 0 saturated carbocycles. The largest absolute Gasteiger partial charge is 0.493 e. The molecule has 0 spiro atoms. The predicted molar refractivity (Wildman–Crippen MR) is 118 cm³/mol. The molecule has 0 aliphatic rings. The topological polar surface area (TPSA) is 112 Å². The van der Waals surface area contributed by atoms with Gasteiger partial charge in [-0.1, -0.05) is 30.3 Å². The van der Waals surface area contributed by atoms with Gasteiger partial charge in [0.2, 0.25) is 5.95 Å². The minimum Gasteiger partial charge on any atom is -0.493 e. The van der Waals surface area contributed by atoms with Gasteiger partial charge in [-0.25, -0.2) is 10.4 Å². The number of nitrogens with zero attached hydrogens (tertiary/aromatic N) is 3. The maximum absolute atomic E-state index is 12.3. The van der Waals surface area contributed by atoms with Crippen molar-refractivity contribution in [3.63, 3.8) is 0 Å². The summed E-state index contributed by atoms with van der Waals surface area (Å²) in [5, 5.41) is 13.5. The highest BCUT2D eigenvalue weighted by molar-refractivity contribution is 9.10. The first-order valence-corrected chi connectivity index (χ1v) is 9.76. The molecule has 0 saturated heterocycles. The first kappa shape index (κ1) is 21.1. The lowest BCUT2D eigenvalue weighted by molar-refractivity contribution is 0.310. The number of hydrogen-bond donors (Lipinski definition) is 2. The normalized spacial score (nSPS) is 10.6. The Balaban J connectivity index is 1.89. The van der Waals surface area contributed by atoms with Gasteiger partial charge in [-0.3, -0.25) is 9.78 Å². The van der Waals surface area contributed by atoms with Crippen LogP contribution in [0.25, 0.3) is 11.3 Å². The van der Waals surface area contributed by atoms with Gasteiger partial charge in [0.1, 0.15) is 11.6 Å². The third-order valence-corrected chi connectivity index (χ3v) is 4.72. The minimum absolute atomic E-state index is 0.0604. The fourth-order valence-electron chi connectivity index (χ4n) is 2.68. The van der Waals surface area contributed by atoms with Gasteiger partial charge < -0.3 is 9.47 Å². The molecule has 8 nitrogen and oxygen atoms in total. The van der Waals surface area contributed by atoms with Gasteiger partial charge in [0, 0.05) is 15.6 Å². The Morgan fingerprint density at radius 2 is 2.07 bits per heavy atom. The van der Waals surface area contributed by atoms with E-state index in [1.165, 1.54) is 0 Å². The SMILES string of the molecule is CCOc1cc(Br)c(C=NNc2nc(-c3ccccc3)c(C#N)c(=O)[nH]2)cc1OC. The number of benzene rings is 2. The molecule has 30 heavy (non-hydrogen) atoms. The van der Waals surface area contributed by atoms with Gasteiger partial charge in [-0.05, 0) is 35.0 Å². The van der Waals surface area contributed by atoms with E-state index in [1.807, 2.05) is 19.1 Å². The van der Waals surface area contributed by atoms with E-state index in [9.17, 15) is 10.1 Å². The van der Waals surface area contributed by atoms with Crippen LogP contribution in [0.4, 0.5) is 5.95 Å². The van der Waals surface area contributed by atoms with Crippen LogP contribution in [-0.2, 0) is 0 Å². The number of halogens is 1. The highest BCUT2D eigenvalue weighted by Gasteiger charge is 2.13. The average Bonchev–Trinajstić information content (AvgIpc) is 2.75. The summed E-state index contributed by atoms with van der Waals surface area (Å²) in [4.78, 5) is 19.1. The molecule has 2 aromatic carbocycles. The van der Waals surface area contributed by atoms with Gasteiger partial charge >= 0.3 is 0 Å². The number of hydrazone groups is 1. The van der Waals surface area contributed by atoms with Crippen molar-refractivity contribution in [2.45, 2.75) is 6.92 Å². The Kier molecular flexibility index (Phi) is 6.83. The van der Waals surface area contributed by atoms with E-state index < -0.39 is 5.56 Å². The Morgan fingerprint density at radius 3 is 2.73 bits per heavy atom. The molecule has 0 amide bonds. The zero-order valence-electron chi connectivity index (χ0n) is 16.3. The summed E-state index contributed by atoms with van der Waals surface area (Å²) in [6, 6.07) is 14.5. The molecule has 152 valence electrons. The van der Waals surface area contributed by atoms with Crippen LogP contribution in [0.5, 0.6) is 11.5 Å². The summed E-state index contributed by atoms with van der Waals surface area (Å²) >= 11 is 3.48. The number of aromatic amines is 1. The number of methoxy groups -OCH3 is 1. The zero-order valence-corrected chi connectivity index (χ0v) is 17.9. The average molecular weight is 468 g/mol. The van der Waals surface area contributed by atoms with Crippen LogP contribution >= 0.6 is 15.9 Å². The second-order valence-electron chi connectivity index (χ2n) is 5.94. The molecule has 0 atom stereocenters. The summed E-state index contributed by atoms with van der Waals surface area (Å²) in [6.45, 7) is 2.40. The highest BCUT2D eigenvalue weighted by atomic mass is 79.9. The molecule has 0 radical (unpaired) electrons. The maximum atomic E-state index is 12.3. The summed E-state index contributed by atoms with van der Waals surface area (Å²) in [7, 11) is 1.56. The lowest BCUT2D eigenvalue weighted by Gasteiger charge is -2.11.